The minimum absolute atomic E-state index is 0.0428. The lowest BCUT2D eigenvalue weighted by molar-refractivity contribution is -0.137. The van der Waals surface area contributed by atoms with Crippen molar-refractivity contribution in [3.63, 3.8) is 0 Å². The second kappa shape index (κ2) is 9.05. The van der Waals surface area contributed by atoms with E-state index in [1.54, 1.807) is 4.90 Å². The molecule has 0 bridgehead atoms. The molecule has 0 spiro atoms. The third-order valence-corrected chi connectivity index (χ3v) is 5.82. The number of hydrogen-bond acceptors (Lipinski definition) is 7. The summed E-state index contributed by atoms with van der Waals surface area (Å²) < 4.78 is 54.7. The first-order valence-corrected chi connectivity index (χ1v) is 10.6. The summed E-state index contributed by atoms with van der Waals surface area (Å²) in [6.45, 7) is 3.15. The number of nitrogen functional groups attached to an aromatic ring is 1. The number of piperazine rings is 1. The van der Waals surface area contributed by atoms with Gasteiger partial charge in [-0.15, -0.1) is 0 Å². The van der Waals surface area contributed by atoms with E-state index in [1.807, 2.05) is 4.90 Å². The van der Waals surface area contributed by atoms with Crippen LogP contribution in [-0.2, 0) is 11.0 Å². The van der Waals surface area contributed by atoms with E-state index < -0.39 is 17.6 Å². The molecule has 1 aliphatic rings. The van der Waals surface area contributed by atoms with Gasteiger partial charge in [-0.2, -0.15) is 13.2 Å². The van der Waals surface area contributed by atoms with Crippen LogP contribution >= 0.6 is 11.6 Å². The quantitative estimate of drug-likeness (QED) is 0.327. The summed E-state index contributed by atoms with van der Waals surface area (Å²) in [6, 6.07) is 4.12. The first kappa shape index (κ1) is 23.7. The van der Waals surface area contributed by atoms with Gasteiger partial charge < -0.3 is 15.5 Å². The van der Waals surface area contributed by atoms with Gasteiger partial charge in [0.1, 0.15) is 18.0 Å². The summed E-state index contributed by atoms with van der Waals surface area (Å²) in [4.78, 5) is 26.6. The van der Waals surface area contributed by atoms with Crippen LogP contribution < -0.4 is 10.6 Å². The number of alkyl halides is 3. The predicted molar refractivity (Wildman–Crippen MR) is 121 cm³/mol. The van der Waals surface area contributed by atoms with Crippen LogP contribution in [0.3, 0.4) is 0 Å². The zero-order chi connectivity index (χ0) is 24.6. The summed E-state index contributed by atoms with van der Waals surface area (Å²) in [5, 5.41) is 0.592. The van der Waals surface area contributed by atoms with E-state index in [0.29, 0.717) is 42.9 Å². The summed E-state index contributed by atoms with van der Waals surface area (Å²) >= 11 is 6.46. The number of aldehydes is 1. The van der Waals surface area contributed by atoms with E-state index in [4.69, 9.17) is 17.3 Å². The standard InChI is InChI=1S/C22H19ClF4N6O/c1-12-6-18(28)31-20(19(12)22(25,26)27)14-8-17-15(7-16(14)23)21(30-11-29-17)33-4-2-32(3-5-33)9-13(24)10-34/h6-11H,2-5H2,1H3,(H2,28,31). The Hall–Kier alpha value is -3.47. The molecule has 0 radical (unpaired) electrons. The molecule has 0 unspecified atom stereocenters. The molecular formula is C22H19ClF4N6O. The molecule has 0 amide bonds. The molecule has 34 heavy (non-hydrogen) atoms. The van der Waals surface area contributed by atoms with Gasteiger partial charge >= 0.3 is 6.18 Å². The monoisotopic (exact) mass is 494 g/mol. The minimum atomic E-state index is -4.66. The van der Waals surface area contributed by atoms with Gasteiger partial charge in [-0.1, -0.05) is 11.6 Å². The molecule has 0 atom stereocenters. The average Bonchev–Trinajstić information content (AvgIpc) is 2.77. The van der Waals surface area contributed by atoms with Crippen LogP contribution in [0.15, 0.2) is 36.6 Å². The van der Waals surface area contributed by atoms with Crippen molar-refractivity contribution < 1.29 is 22.4 Å². The molecule has 0 saturated carbocycles. The van der Waals surface area contributed by atoms with E-state index >= 15 is 0 Å². The molecule has 2 aromatic heterocycles. The number of pyridine rings is 1. The number of benzene rings is 1. The molecule has 2 N–H and O–H groups in total. The number of nitrogens with two attached hydrogens (primary N) is 1. The first-order valence-electron chi connectivity index (χ1n) is 10.2. The molecule has 1 aromatic carbocycles. The minimum Gasteiger partial charge on any atom is -0.384 e. The zero-order valence-corrected chi connectivity index (χ0v) is 18.7. The number of hydrogen-bond donors (Lipinski definition) is 1. The highest BCUT2D eigenvalue weighted by Crippen LogP contribution is 2.42. The Morgan fingerprint density at radius 2 is 1.85 bits per heavy atom. The number of anilines is 2. The molecule has 7 nitrogen and oxygen atoms in total. The van der Waals surface area contributed by atoms with Crippen LogP contribution in [0.1, 0.15) is 11.1 Å². The van der Waals surface area contributed by atoms with Crippen molar-refractivity contribution in [2.75, 3.05) is 36.8 Å². The van der Waals surface area contributed by atoms with E-state index in [-0.39, 0.29) is 33.9 Å². The van der Waals surface area contributed by atoms with Gasteiger partial charge in [0.25, 0.3) is 0 Å². The first-order chi connectivity index (χ1) is 16.1. The molecule has 3 heterocycles. The number of aryl methyl sites for hydroxylation is 1. The van der Waals surface area contributed by atoms with Gasteiger partial charge in [0.05, 0.1) is 21.8 Å². The molecule has 1 saturated heterocycles. The number of carbonyl (C=O) groups is 1. The van der Waals surface area contributed by atoms with Crippen molar-refractivity contribution in [1.29, 1.82) is 0 Å². The van der Waals surface area contributed by atoms with Crippen LogP contribution in [0, 0.1) is 6.92 Å². The Kier molecular flexibility index (Phi) is 6.30. The summed E-state index contributed by atoms with van der Waals surface area (Å²) in [5.74, 6) is -0.368. The van der Waals surface area contributed by atoms with E-state index in [0.717, 1.165) is 12.3 Å². The molecule has 4 rings (SSSR count). The molecular weight excluding hydrogens is 476 g/mol. The highest BCUT2D eigenvalue weighted by Gasteiger charge is 2.37. The largest absolute Gasteiger partial charge is 0.418 e. The number of carbonyl (C=O) groups excluding carboxylic acids is 1. The number of nitrogens with zero attached hydrogens (tertiary/aromatic N) is 5. The number of allylic oxidation sites excluding steroid dienone is 1. The Morgan fingerprint density at radius 1 is 1.15 bits per heavy atom. The lowest BCUT2D eigenvalue weighted by Crippen LogP contribution is -2.44. The Labute approximate surface area is 196 Å². The van der Waals surface area contributed by atoms with Gasteiger partial charge in [-0.05, 0) is 30.7 Å². The Balaban J connectivity index is 1.75. The third-order valence-electron chi connectivity index (χ3n) is 5.51. The fraction of sp³-hybridized carbons (Fsp3) is 0.273. The lowest BCUT2D eigenvalue weighted by atomic mass is 9.99. The Morgan fingerprint density at radius 3 is 2.50 bits per heavy atom. The summed E-state index contributed by atoms with van der Waals surface area (Å²) in [7, 11) is 0. The van der Waals surface area contributed by atoms with Gasteiger partial charge in [0, 0.05) is 43.3 Å². The Bertz CT molecular complexity index is 1290. The molecule has 1 aliphatic heterocycles. The van der Waals surface area contributed by atoms with Gasteiger partial charge in [0.15, 0.2) is 12.1 Å². The van der Waals surface area contributed by atoms with Crippen LogP contribution in [0.2, 0.25) is 5.02 Å². The highest BCUT2D eigenvalue weighted by molar-refractivity contribution is 6.34. The summed E-state index contributed by atoms with van der Waals surface area (Å²) in [6.07, 6.45) is -2.04. The number of aromatic nitrogens is 3. The molecule has 3 aromatic rings. The normalized spacial score (nSPS) is 15.2. The second-order valence-corrected chi connectivity index (χ2v) is 8.19. The van der Waals surface area contributed by atoms with Gasteiger partial charge in [0.2, 0.25) is 0 Å². The molecule has 178 valence electrons. The van der Waals surface area contributed by atoms with E-state index in [9.17, 15) is 22.4 Å². The smallest absolute Gasteiger partial charge is 0.384 e. The van der Waals surface area contributed by atoms with Gasteiger partial charge in [-0.25, -0.2) is 19.3 Å². The lowest BCUT2D eigenvalue weighted by Gasteiger charge is -2.35. The average molecular weight is 495 g/mol. The van der Waals surface area contributed by atoms with Crippen LogP contribution in [0.5, 0.6) is 0 Å². The van der Waals surface area contributed by atoms with Crippen molar-refractivity contribution in [2.45, 2.75) is 13.1 Å². The SMILES string of the molecule is Cc1cc(N)nc(-c2cc3ncnc(N4CCN(C=C(F)C=O)CC4)c3cc2Cl)c1C(F)(F)F. The third kappa shape index (κ3) is 4.60. The molecule has 12 heteroatoms. The fourth-order valence-corrected chi connectivity index (χ4v) is 4.27. The van der Waals surface area contributed by atoms with Crippen LogP contribution in [-0.4, -0.2) is 52.3 Å². The molecule has 1 fully saturated rings. The second-order valence-electron chi connectivity index (χ2n) is 7.79. The van der Waals surface area contributed by atoms with Crippen molar-refractivity contribution >= 4 is 40.4 Å². The maximum absolute atomic E-state index is 13.8. The zero-order valence-electron chi connectivity index (χ0n) is 17.9. The maximum atomic E-state index is 13.8. The van der Waals surface area contributed by atoms with Crippen LogP contribution in [0.25, 0.3) is 22.2 Å². The topological polar surface area (TPSA) is 88.2 Å². The van der Waals surface area contributed by atoms with Crippen molar-refractivity contribution in [3.05, 3.63) is 52.7 Å². The van der Waals surface area contributed by atoms with Crippen molar-refractivity contribution in [1.82, 2.24) is 19.9 Å². The predicted octanol–water partition coefficient (Wildman–Crippen LogP) is 4.39. The fourth-order valence-electron chi connectivity index (χ4n) is 4.01. The number of halogens is 5. The van der Waals surface area contributed by atoms with Crippen molar-refractivity contribution in [2.24, 2.45) is 0 Å². The van der Waals surface area contributed by atoms with E-state index in [1.165, 1.54) is 25.4 Å². The van der Waals surface area contributed by atoms with Crippen LogP contribution in [0.4, 0.5) is 29.2 Å². The van der Waals surface area contributed by atoms with Crippen molar-refractivity contribution in [3.8, 4) is 11.3 Å². The number of fused-ring (bicyclic) bond motifs is 1. The maximum Gasteiger partial charge on any atom is 0.418 e. The van der Waals surface area contributed by atoms with Gasteiger partial charge in [-0.3, -0.25) is 4.79 Å². The summed E-state index contributed by atoms with van der Waals surface area (Å²) in [5.41, 5.74) is 4.84. The highest BCUT2D eigenvalue weighted by atomic mass is 35.5. The molecule has 0 aliphatic carbocycles. The number of rotatable bonds is 4. The van der Waals surface area contributed by atoms with E-state index in [2.05, 4.69) is 15.0 Å².